The summed E-state index contributed by atoms with van der Waals surface area (Å²) in [6.45, 7) is 1.14. The molecule has 0 aromatic rings. The molecule has 5 rings (SSSR count). The first-order valence-electron chi connectivity index (χ1n) is 10.9. The van der Waals surface area contributed by atoms with Crippen LogP contribution in [-0.2, 0) is 9.59 Å². The molecule has 6 nitrogen and oxygen atoms in total. The molecule has 160 valence electrons. The fourth-order valence-electron chi connectivity index (χ4n) is 5.71. The standard InChI is InChI=1S/C21H30F2N4O2/c22-15-1-9-26(10-2-15)19(29)20-3-6-21(7-4-20,8-5-20)25-13-18(28)27-14-16(23)11-17(27)12-24/h15-17,25H,1-11,13-14H2. The van der Waals surface area contributed by atoms with E-state index in [1.54, 1.807) is 0 Å². The molecule has 5 fully saturated rings. The first-order chi connectivity index (χ1) is 13.9. The van der Waals surface area contributed by atoms with Gasteiger partial charge in [0.1, 0.15) is 18.4 Å². The van der Waals surface area contributed by atoms with E-state index >= 15 is 0 Å². The first kappa shape index (κ1) is 20.5. The van der Waals surface area contributed by atoms with Crippen molar-refractivity contribution in [3.63, 3.8) is 0 Å². The molecule has 2 amide bonds. The Kier molecular flexibility index (Phi) is 5.54. The third-order valence-electron chi connectivity index (χ3n) is 7.75. The lowest BCUT2D eigenvalue weighted by molar-refractivity contribution is -0.151. The Labute approximate surface area is 170 Å². The van der Waals surface area contributed by atoms with Gasteiger partial charge in [-0.1, -0.05) is 0 Å². The molecule has 29 heavy (non-hydrogen) atoms. The van der Waals surface area contributed by atoms with Gasteiger partial charge in [0.2, 0.25) is 11.8 Å². The van der Waals surface area contributed by atoms with E-state index in [2.05, 4.69) is 5.32 Å². The highest BCUT2D eigenvalue weighted by Gasteiger charge is 2.53. The number of hydrogen-bond donors (Lipinski definition) is 1. The molecular weight excluding hydrogens is 378 g/mol. The Balaban J connectivity index is 1.31. The van der Waals surface area contributed by atoms with Crippen LogP contribution in [0.3, 0.4) is 0 Å². The summed E-state index contributed by atoms with van der Waals surface area (Å²) in [7, 11) is 0. The maximum atomic E-state index is 13.6. The molecule has 2 bridgehead atoms. The van der Waals surface area contributed by atoms with E-state index < -0.39 is 18.4 Å². The molecule has 0 aromatic heterocycles. The largest absolute Gasteiger partial charge is 0.342 e. The lowest BCUT2D eigenvalue weighted by Gasteiger charge is -2.54. The van der Waals surface area contributed by atoms with Crippen molar-refractivity contribution in [3.8, 4) is 6.07 Å². The molecule has 2 atom stereocenters. The highest BCUT2D eigenvalue weighted by molar-refractivity contribution is 5.83. The number of carbonyl (C=O) groups excluding carboxylic acids is 2. The van der Waals surface area contributed by atoms with Crippen LogP contribution in [-0.4, -0.2) is 71.7 Å². The summed E-state index contributed by atoms with van der Waals surface area (Å²) in [5.41, 5.74) is -0.473. The summed E-state index contributed by atoms with van der Waals surface area (Å²) in [4.78, 5) is 28.9. The van der Waals surface area contributed by atoms with Gasteiger partial charge in [0.15, 0.2) is 0 Å². The van der Waals surface area contributed by atoms with Gasteiger partial charge in [0, 0.05) is 30.5 Å². The zero-order chi connectivity index (χ0) is 20.6. The molecule has 0 spiro atoms. The van der Waals surface area contributed by atoms with Gasteiger partial charge in [-0.15, -0.1) is 0 Å². The number of nitrogens with one attached hydrogen (secondary N) is 1. The molecule has 0 radical (unpaired) electrons. The van der Waals surface area contributed by atoms with Crippen LogP contribution < -0.4 is 5.32 Å². The predicted octanol–water partition coefficient (Wildman–Crippen LogP) is 2.09. The van der Waals surface area contributed by atoms with Gasteiger partial charge >= 0.3 is 0 Å². The van der Waals surface area contributed by atoms with Crippen molar-refractivity contribution in [1.82, 2.24) is 15.1 Å². The number of fused-ring (bicyclic) bond motifs is 3. The molecule has 3 saturated carbocycles. The lowest BCUT2D eigenvalue weighted by atomic mass is 9.56. The lowest BCUT2D eigenvalue weighted by Crippen LogP contribution is -2.60. The Morgan fingerprint density at radius 3 is 2.24 bits per heavy atom. The second-order valence-corrected chi connectivity index (χ2v) is 9.41. The molecule has 3 aliphatic carbocycles. The summed E-state index contributed by atoms with van der Waals surface area (Å²) in [6.07, 6.45) is 3.94. The zero-order valence-electron chi connectivity index (χ0n) is 16.8. The van der Waals surface area contributed by atoms with Crippen molar-refractivity contribution in [2.75, 3.05) is 26.2 Å². The van der Waals surface area contributed by atoms with E-state index in [4.69, 9.17) is 5.26 Å². The van der Waals surface area contributed by atoms with Gasteiger partial charge in [-0.05, 0) is 51.4 Å². The number of nitriles is 1. The summed E-state index contributed by atoms with van der Waals surface area (Å²) in [6, 6.07) is 1.34. The third kappa shape index (κ3) is 3.86. The number of rotatable bonds is 4. The number of carbonyl (C=O) groups is 2. The number of halogens is 2. The van der Waals surface area contributed by atoms with E-state index in [-0.39, 0.29) is 42.3 Å². The Morgan fingerprint density at radius 2 is 1.66 bits per heavy atom. The van der Waals surface area contributed by atoms with Crippen LogP contribution in [0.2, 0.25) is 0 Å². The minimum absolute atomic E-state index is 0.00107. The predicted molar refractivity (Wildman–Crippen MR) is 102 cm³/mol. The smallest absolute Gasteiger partial charge is 0.237 e. The number of alkyl halides is 2. The van der Waals surface area contributed by atoms with Crippen LogP contribution in [0.1, 0.15) is 57.8 Å². The van der Waals surface area contributed by atoms with E-state index in [1.165, 1.54) is 4.90 Å². The van der Waals surface area contributed by atoms with E-state index in [0.717, 1.165) is 38.5 Å². The van der Waals surface area contributed by atoms with Crippen molar-refractivity contribution in [3.05, 3.63) is 0 Å². The highest BCUT2D eigenvalue weighted by atomic mass is 19.1. The van der Waals surface area contributed by atoms with Crippen molar-refractivity contribution >= 4 is 11.8 Å². The van der Waals surface area contributed by atoms with Gasteiger partial charge in [-0.25, -0.2) is 8.78 Å². The monoisotopic (exact) mass is 408 g/mol. The molecular formula is C21H30F2N4O2. The van der Waals surface area contributed by atoms with E-state index in [9.17, 15) is 18.4 Å². The fourth-order valence-corrected chi connectivity index (χ4v) is 5.71. The van der Waals surface area contributed by atoms with Gasteiger partial charge in [0.25, 0.3) is 0 Å². The average Bonchev–Trinajstić information content (AvgIpc) is 3.14. The molecule has 2 heterocycles. The Hall–Kier alpha value is -1.75. The van der Waals surface area contributed by atoms with Gasteiger partial charge in [-0.2, -0.15) is 5.26 Å². The summed E-state index contributed by atoms with van der Waals surface area (Å²) in [5.74, 6) is -0.0321. The number of hydrogen-bond acceptors (Lipinski definition) is 4. The first-order valence-corrected chi connectivity index (χ1v) is 10.9. The molecule has 1 N–H and O–H groups in total. The van der Waals surface area contributed by atoms with Crippen LogP contribution >= 0.6 is 0 Å². The Morgan fingerprint density at radius 1 is 1.03 bits per heavy atom. The number of piperidine rings is 1. The maximum Gasteiger partial charge on any atom is 0.237 e. The van der Waals surface area contributed by atoms with Crippen LogP contribution in [0.5, 0.6) is 0 Å². The average molecular weight is 408 g/mol. The quantitative estimate of drug-likeness (QED) is 0.773. The van der Waals surface area contributed by atoms with Crippen LogP contribution in [0, 0.1) is 16.7 Å². The molecule has 0 aromatic carbocycles. The minimum Gasteiger partial charge on any atom is -0.342 e. The van der Waals surface area contributed by atoms with Gasteiger partial charge < -0.3 is 15.1 Å². The van der Waals surface area contributed by atoms with Crippen molar-refractivity contribution in [2.24, 2.45) is 5.41 Å². The summed E-state index contributed by atoms with van der Waals surface area (Å²) in [5, 5.41) is 12.5. The van der Waals surface area contributed by atoms with Gasteiger partial charge in [-0.3, -0.25) is 9.59 Å². The van der Waals surface area contributed by atoms with Crippen molar-refractivity contribution < 1.29 is 18.4 Å². The number of amides is 2. The molecule has 2 saturated heterocycles. The number of nitrogens with zero attached hydrogens (tertiary/aromatic N) is 3. The van der Waals surface area contributed by atoms with E-state index in [1.807, 2.05) is 11.0 Å². The number of likely N-dealkylation sites (tertiary alicyclic amines) is 2. The highest BCUT2D eigenvalue weighted by Crippen LogP contribution is 2.53. The van der Waals surface area contributed by atoms with Gasteiger partial charge in [0.05, 0.1) is 19.2 Å². The van der Waals surface area contributed by atoms with Crippen LogP contribution in [0.15, 0.2) is 0 Å². The minimum atomic E-state index is -1.12. The van der Waals surface area contributed by atoms with Crippen molar-refractivity contribution in [1.29, 1.82) is 5.26 Å². The summed E-state index contributed by atoms with van der Waals surface area (Å²) >= 11 is 0. The third-order valence-corrected chi connectivity index (χ3v) is 7.75. The molecule has 5 aliphatic rings. The molecule has 2 aliphatic heterocycles. The fraction of sp³-hybridized carbons (Fsp3) is 0.857. The Bertz CT molecular complexity index is 677. The topological polar surface area (TPSA) is 76.4 Å². The zero-order valence-corrected chi connectivity index (χ0v) is 16.8. The maximum absolute atomic E-state index is 13.6. The summed E-state index contributed by atoms with van der Waals surface area (Å²) < 4.78 is 27.0. The van der Waals surface area contributed by atoms with Crippen LogP contribution in [0.4, 0.5) is 8.78 Å². The molecule has 2 unspecified atom stereocenters. The second-order valence-electron chi connectivity index (χ2n) is 9.41. The normalized spacial score (nSPS) is 37.6. The van der Waals surface area contributed by atoms with E-state index in [0.29, 0.717) is 25.9 Å². The second kappa shape index (κ2) is 7.82. The van der Waals surface area contributed by atoms with Crippen molar-refractivity contribution in [2.45, 2.75) is 81.7 Å². The molecule has 8 heteroatoms. The SMILES string of the molecule is N#CC1CC(F)CN1C(=O)CNC12CCC(C(=O)N3CCC(F)CC3)(CC1)CC2. The van der Waals surface area contributed by atoms with Crippen LogP contribution in [0.25, 0.3) is 0 Å².